The minimum absolute atomic E-state index is 0.273. The lowest BCUT2D eigenvalue weighted by molar-refractivity contribution is 0.611. The van der Waals surface area contributed by atoms with Gasteiger partial charge in [-0.25, -0.2) is 9.82 Å². The number of nitrogens with one attached hydrogen (secondary N) is 2. The predicted molar refractivity (Wildman–Crippen MR) is 85.9 cm³/mol. The third-order valence-electron chi connectivity index (χ3n) is 2.89. The van der Waals surface area contributed by atoms with E-state index in [0.29, 0.717) is 5.56 Å². The molecule has 0 heterocycles. The molecule has 0 saturated heterocycles. The summed E-state index contributed by atoms with van der Waals surface area (Å²) in [4.78, 5) is 0. The number of benzene rings is 2. The lowest BCUT2D eigenvalue weighted by Gasteiger charge is -2.15. The normalized spacial score (nSPS) is 12.3. The third kappa shape index (κ3) is 3.88. The van der Waals surface area contributed by atoms with Crippen molar-refractivity contribution in [1.29, 1.82) is 5.41 Å². The molecule has 108 valence electrons. The molecule has 0 radical (unpaired) electrons. The van der Waals surface area contributed by atoms with Crippen LogP contribution in [0.25, 0.3) is 0 Å². The summed E-state index contributed by atoms with van der Waals surface area (Å²) < 4.78 is 14.9. The summed E-state index contributed by atoms with van der Waals surface area (Å²) in [6, 6.07) is 14.1. The molecule has 0 aliphatic heterocycles. The SMILES string of the molecule is N=C(N)NN=CC(c1ccccc1F)c1ccccc1Br. The number of hydrogen-bond donors (Lipinski definition) is 3. The Morgan fingerprint density at radius 3 is 2.43 bits per heavy atom. The molecule has 2 aromatic rings. The Morgan fingerprint density at radius 1 is 1.19 bits per heavy atom. The molecule has 1 atom stereocenters. The van der Waals surface area contributed by atoms with Crippen LogP contribution in [0.2, 0.25) is 0 Å². The van der Waals surface area contributed by atoms with Crippen molar-refractivity contribution in [3.63, 3.8) is 0 Å². The van der Waals surface area contributed by atoms with Crippen LogP contribution in [-0.4, -0.2) is 12.2 Å². The molecule has 0 aromatic heterocycles. The molecule has 0 bridgehead atoms. The number of nitrogens with two attached hydrogens (primary N) is 1. The fourth-order valence-corrected chi connectivity index (χ4v) is 2.50. The van der Waals surface area contributed by atoms with Gasteiger partial charge in [0.05, 0.1) is 5.92 Å². The molecular formula is C15H14BrFN4. The summed E-state index contributed by atoms with van der Waals surface area (Å²) in [6.07, 6.45) is 1.53. The molecule has 0 spiro atoms. The van der Waals surface area contributed by atoms with Gasteiger partial charge in [-0.3, -0.25) is 5.41 Å². The maximum absolute atomic E-state index is 14.1. The molecule has 2 aromatic carbocycles. The summed E-state index contributed by atoms with van der Waals surface area (Å²) in [5.41, 5.74) is 8.91. The van der Waals surface area contributed by atoms with E-state index in [1.165, 1.54) is 12.3 Å². The van der Waals surface area contributed by atoms with Crippen molar-refractivity contribution in [2.45, 2.75) is 5.92 Å². The highest BCUT2D eigenvalue weighted by molar-refractivity contribution is 9.10. The van der Waals surface area contributed by atoms with Gasteiger partial charge in [-0.2, -0.15) is 5.10 Å². The summed E-state index contributed by atoms with van der Waals surface area (Å²) in [6.45, 7) is 0. The Hall–Kier alpha value is -2.21. The van der Waals surface area contributed by atoms with Crippen molar-refractivity contribution in [2.24, 2.45) is 10.8 Å². The number of halogens is 2. The second kappa shape index (κ2) is 6.99. The van der Waals surface area contributed by atoms with Crippen molar-refractivity contribution >= 4 is 28.1 Å². The van der Waals surface area contributed by atoms with E-state index in [2.05, 4.69) is 26.5 Å². The Labute approximate surface area is 130 Å². The number of hydrogen-bond acceptors (Lipinski definition) is 2. The maximum atomic E-state index is 14.1. The Balaban J connectivity index is 2.45. The first-order chi connectivity index (χ1) is 10.1. The van der Waals surface area contributed by atoms with E-state index in [1.54, 1.807) is 18.2 Å². The zero-order valence-electron chi connectivity index (χ0n) is 11.1. The number of guanidine groups is 1. The van der Waals surface area contributed by atoms with Crippen LogP contribution >= 0.6 is 15.9 Å². The van der Waals surface area contributed by atoms with Gasteiger partial charge >= 0.3 is 0 Å². The van der Waals surface area contributed by atoms with Crippen molar-refractivity contribution in [3.05, 3.63) is 69.9 Å². The minimum atomic E-state index is -0.395. The van der Waals surface area contributed by atoms with Crippen LogP contribution in [0.4, 0.5) is 4.39 Å². The predicted octanol–water partition coefficient (Wildman–Crippen LogP) is 3.19. The van der Waals surface area contributed by atoms with Gasteiger partial charge < -0.3 is 5.73 Å². The van der Waals surface area contributed by atoms with E-state index in [9.17, 15) is 4.39 Å². The van der Waals surface area contributed by atoms with Crippen LogP contribution < -0.4 is 11.2 Å². The quantitative estimate of drug-likeness (QED) is 0.451. The van der Waals surface area contributed by atoms with Crippen molar-refractivity contribution in [1.82, 2.24) is 5.43 Å². The molecule has 1 unspecified atom stereocenters. The van der Waals surface area contributed by atoms with Gasteiger partial charge in [0.25, 0.3) is 0 Å². The summed E-state index contributed by atoms with van der Waals surface area (Å²) >= 11 is 3.47. The van der Waals surface area contributed by atoms with E-state index in [1.807, 2.05) is 24.3 Å². The summed E-state index contributed by atoms with van der Waals surface area (Å²) in [5, 5.41) is 11.0. The fourth-order valence-electron chi connectivity index (χ4n) is 1.96. The molecule has 0 amide bonds. The van der Waals surface area contributed by atoms with Crippen molar-refractivity contribution in [2.75, 3.05) is 0 Å². The van der Waals surface area contributed by atoms with E-state index in [4.69, 9.17) is 11.1 Å². The Morgan fingerprint density at radius 2 is 1.81 bits per heavy atom. The molecule has 6 heteroatoms. The molecular weight excluding hydrogens is 335 g/mol. The van der Waals surface area contributed by atoms with Gasteiger partial charge in [-0.05, 0) is 17.7 Å². The van der Waals surface area contributed by atoms with Crippen LogP contribution in [0.15, 0.2) is 58.1 Å². The van der Waals surface area contributed by atoms with Crippen molar-refractivity contribution in [3.8, 4) is 0 Å². The van der Waals surface area contributed by atoms with E-state index >= 15 is 0 Å². The van der Waals surface area contributed by atoms with E-state index in [-0.39, 0.29) is 11.8 Å². The largest absolute Gasteiger partial charge is 0.369 e. The average molecular weight is 349 g/mol. The van der Waals surface area contributed by atoms with Crippen molar-refractivity contribution < 1.29 is 4.39 Å². The monoisotopic (exact) mass is 348 g/mol. The van der Waals surface area contributed by atoms with Crippen LogP contribution in [0, 0.1) is 11.2 Å². The third-order valence-corrected chi connectivity index (χ3v) is 3.61. The topological polar surface area (TPSA) is 74.3 Å². The van der Waals surface area contributed by atoms with Crippen LogP contribution in [0.3, 0.4) is 0 Å². The van der Waals surface area contributed by atoms with Crippen LogP contribution in [-0.2, 0) is 0 Å². The standard InChI is InChI=1S/C15H14BrFN4/c16-13-7-3-1-5-10(13)12(9-20-21-15(18)19)11-6-2-4-8-14(11)17/h1-9,12H,(H4,18,19,21). The first-order valence-electron chi connectivity index (χ1n) is 6.21. The van der Waals surface area contributed by atoms with Crippen LogP contribution in [0.1, 0.15) is 17.0 Å². The Kier molecular flexibility index (Phi) is 5.05. The maximum Gasteiger partial charge on any atom is 0.206 e. The van der Waals surface area contributed by atoms with Crippen LogP contribution in [0.5, 0.6) is 0 Å². The van der Waals surface area contributed by atoms with Gasteiger partial charge in [0.2, 0.25) is 5.96 Å². The fraction of sp³-hybridized carbons (Fsp3) is 0.0667. The summed E-state index contributed by atoms with van der Waals surface area (Å²) in [5.74, 6) is -0.980. The number of rotatable bonds is 4. The summed E-state index contributed by atoms with van der Waals surface area (Å²) in [7, 11) is 0. The lowest BCUT2D eigenvalue weighted by atomic mass is 9.92. The van der Waals surface area contributed by atoms with Gasteiger partial charge in [-0.15, -0.1) is 0 Å². The zero-order valence-corrected chi connectivity index (χ0v) is 12.6. The number of hydrazone groups is 1. The number of nitrogens with zero attached hydrogens (tertiary/aromatic N) is 1. The van der Waals surface area contributed by atoms with E-state index < -0.39 is 5.92 Å². The molecule has 4 N–H and O–H groups in total. The zero-order chi connectivity index (χ0) is 15.2. The molecule has 0 aliphatic rings. The molecule has 4 nitrogen and oxygen atoms in total. The second-order valence-electron chi connectivity index (χ2n) is 4.32. The first-order valence-corrected chi connectivity index (χ1v) is 7.01. The minimum Gasteiger partial charge on any atom is -0.369 e. The Bertz CT molecular complexity index is 627. The average Bonchev–Trinajstić information content (AvgIpc) is 2.45. The highest BCUT2D eigenvalue weighted by Gasteiger charge is 2.18. The molecule has 2 rings (SSSR count). The highest BCUT2D eigenvalue weighted by Crippen LogP contribution is 2.30. The molecule has 0 saturated carbocycles. The van der Waals surface area contributed by atoms with Gasteiger partial charge in [0, 0.05) is 16.3 Å². The van der Waals surface area contributed by atoms with Gasteiger partial charge in [-0.1, -0.05) is 52.3 Å². The smallest absolute Gasteiger partial charge is 0.206 e. The molecule has 0 aliphatic carbocycles. The first kappa shape index (κ1) is 15.2. The highest BCUT2D eigenvalue weighted by atomic mass is 79.9. The van der Waals surface area contributed by atoms with E-state index in [0.717, 1.165) is 10.0 Å². The lowest BCUT2D eigenvalue weighted by Crippen LogP contribution is -2.26. The van der Waals surface area contributed by atoms with Gasteiger partial charge in [0.15, 0.2) is 0 Å². The second-order valence-corrected chi connectivity index (χ2v) is 5.18. The molecule has 21 heavy (non-hydrogen) atoms. The molecule has 0 fully saturated rings. The van der Waals surface area contributed by atoms with Gasteiger partial charge in [0.1, 0.15) is 5.82 Å².